The van der Waals surface area contributed by atoms with Gasteiger partial charge in [0.25, 0.3) is 0 Å². The molecule has 0 unspecified atom stereocenters. The first kappa shape index (κ1) is 13.1. The minimum Gasteiger partial charge on any atom is -0.359 e. The van der Waals surface area contributed by atoms with Crippen LogP contribution in [0.5, 0.6) is 0 Å². The normalized spacial score (nSPS) is 12.6. The van der Waals surface area contributed by atoms with Gasteiger partial charge in [0.05, 0.1) is 6.10 Å². The first-order valence-electron chi connectivity index (χ1n) is 5.15. The lowest BCUT2D eigenvalue weighted by atomic mass is 10.1. The van der Waals surface area contributed by atoms with Crippen LogP contribution in [0.1, 0.15) is 18.6 Å². The summed E-state index contributed by atoms with van der Waals surface area (Å²) in [5.41, 5.74) is 1.13. The summed E-state index contributed by atoms with van der Waals surface area (Å²) >= 11 is 0. The fourth-order valence-corrected chi connectivity index (χ4v) is 1.18. The fourth-order valence-electron chi connectivity index (χ4n) is 1.18. The highest BCUT2D eigenvalue weighted by atomic mass is 16.8. The number of methoxy groups -OCH3 is 1. The van der Waals surface area contributed by atoms with Crippen LogP contribution in [-0.4, -0.2) is 27.5 Å². The fraction of sp³-hybridized carbons (Fsp3) is 0.500. The van der Waals surface area contributed by atoms with Crippen LogP contribution < -0.4 is 0 Å². The average Bonchev–Trinajstić information content (AvgIpc) is 2.34. The van der Waals surface area contributed by atoms with E-state index in [1.165, 1.54) is 0 Å². The molecule has 0 aliphatic rings. The van der Waals surface area contributed by atoms with Crippen LogP contribution in [0.25, 0.3) is 0 Å². The summed E-state index contributed by atoms with van der Waals surface area (Å²) < 4.78 is 20.2. The van der Waals surface area contributed by atoms with Gasteiger partial charge in [-0.15, -0.1) is 0 Å². The summed E-state index contributed by atoms with van der Waals surface area (Å²) in [4.78, 5) is 0. The van der Waals surface area contributed by atoms with Crippen LogP contribution in [0.2, 0.25) is 0 Å². The average molecular weight is 226 g/mol. The Balaban J connectivity index is 2.09. The van der Waals surface area contributed by atoms with Crippen molar-refractivity contribution in [2.45, 2.75) is 13.0 Å². The van der Waals surface area contributed by atoms with Crippen molar-refractivity contribution in [2.75, 3.05) is 27.5 Å². The summed E-state index contributed by atoms with van der Waals surface area (Å²) in [6.45, 7) is 2.60. The largest absolute Gasteiger partial charge is 0.359 e. The van der Waals surface area contributed by atoms with Gasteiger partial charge < -0.3 is 18.9 Å². The SMILES string of the molecule is COCOCOCO[C@@H](C)c1ccccc1. The molecule has 0 amide bonds. The van der Waals surface area contributed by atoms with E-state index < -0.39 is 0 Å². The van der Waals surface area contributed by atoms with Crippen LogP contribution >= 0.6 is 0 Å². The highest BCUT2D eigenvalue weighted by Crippen LogP contribution is 2.15. The van der Waals surface area contributed by atoms with E-state index in [0.717, 1.165) is 5.56 Å². The summed E-state index contributed by atoms with van der Waals surface area (Å²) in [5.74, 6) is 0. The van der Waals surface area contributed by atoms with E-state index in [0.29, 0.717) is 0 Å². The maximum atomic E-state index is 5.47. The minimum absolute atomic E-state index is 0.0172. The Morgan fingerprint density at radius 1 is 1.00 bits per heavy atom. The molecular weight excluding hydrogens is 208 g/mol. The standard InChI is InChI=1S/C12H18O4/c1-11(12-6-4-3-5-7-12)16-10-15-9-14-8-13-2/h3-7,11H,8-10H2,1-2H3/t11-/m0/s1. The van der Waals surface area contributed by atoms with Crippen LogP contribution in [0, 0.1) is 0 Å². The third kappa shape index (κ3) is 5.23. The van der Waals surface area contributed by atoms with Gasteiger partial charge in [-0.3, -0.25) is 0 Å². The number of ether oxygens (including phenoxy) is 4. The zero-order chi connectivity index (χ0) is 11.6. The van der Waals surface area contributed by atoms with Crippen molar-refractivity contribution in [2.24, 2.45) is 0 Å². The van der Waals surface area contributed by atoms with Gasteiger partial charge >= 0.3 is 0 Å². The Labute approximate surface area is 96.1 Å². The highest BCUT2D eigenvalue weighted by molar-refractivity contribution is 5.16. The number of rotatable bonds is 8. The van der Waals surface area contributed by atoms with E-state index in [1.54, 1.807) is 7.11 Å². The van der Waals surface area contributed by atoms with Crippen LogP contribution in [0.4, 0.5) is 0 Å². The minimum atomic E-state index is 0.0172. The van der Waals surface area contributed by atoms with E-state index in [-0.39, 0.29) is 26.5 Å². The van der Waals surface area contributed by atoms with Gasteiger partial charge in [0, 0.05) is 7.11 Å². The molecule has 0 aromatic heterocycles. The maximum Gasteiger partial charge on any atom is 0.152 e. The second kappa shape index (κ2) is 8.24. The third-order valence-corrected chi connectivity index (χ3v) is 2.04. The molecule has 0 saturated heterocycles. The molecule has 0 fully saturated rings. The zero-order valence-electron chi connectivity index (χ0n) is 9.72. The number of hydrogen-bond donors (Lipinski definition) is 0. The van der Waals surface area contributed by atoms with E-state index in [9.17, 15) is 0 Å². The van der Waals surface area contributed by atoms with Crippen molar-refractivity contribution in [3.8, 4) is 0 Å². The van der Waals surface area contributed by atoms with E-state index in [2.05, 4.69) is 0 Å². The molecule has 16 heavy (non-hydrogen) atoms. The summed E-state index contributed by atoms with van der Waals surface area (Å²) in [5, 5.41) is 0. The Bertz CT molecular complexity index is 263. The van der Waals surface area contributed by atoms with Crippen molar-refractivity contribution in [3.63, 3.8) is 0 Å². The molecule has 0 radical (unpaired) electrons. The molecule has 0 heterocycles. The second-order valence-corrected chi connectivity index (χ2v) is 3.27. The lowest BCUT2D eigenvalue weighted by Crippen LogP contribution is -2.08. The third-order valence-electron chi connectivity index (χ3n) is 2.04. The van der Waals surface area contributed by atoms with E-state index in [1.807, 2.05) is 37.3 Å². The molecule has 4 nitrogen and oxygen atoms in total. The molecule has 1 rings (SSSR count). The zero-order valence-corrected chi connectivity index (χ0v) is 9.72. The van der Waals surface area contributed by atoms with Crippen molar-refractivity contribution in [3.05, 3.63) is 35.9 Å². The molecule has 0 saturated carbocycles. The Kier molecular flexibility index (Phi) is 6.76. The molecule has 0 spiro atoms. The van der Waals surface area contributed by atoms with Gasteiger partial charge in [-0.05, 0) is 12.5 Å². The first-order chi connectivity index (χ1) is 7.84. The van der Waals surface area contributed by atoms with Gasteiger partial charge in [0.1, 0.15) is 13.6 Å². The maximum absolute atomic E-state index is 5.47. The van der Waals surface area contributed by atoms with E-state index in [4.69, 9.17) is 18.9 Å². The van der Waals surface area contributed by atoms with Crippen molar-refractivity contribution < 1.29 is 18.9 Å². The molecule has 1 aromatic rings. The predicted octanol–water partition coefficient (Wildman–Crippen LogP) is 2.32. The van der Waals surface area contributed by atoms with Gasteiger partial charge in [-0.25, -0.2) is 0 Å². The molecule has 90 valence electrons. The molecule has 0 aliphatic carbocycles. The number of hydrogen-bond acceptors (Lipinski definition) is 4. The topological polar surface area (TPSA) is 36.9 Å². The van der Waals surface area contributed by atoms with Crippen molar-refractivity contribution in [1.29, 1.82) is 0 Å². The molecule has 0 bridgehead atoms. The van der Waals surface area contributed by atoms with Gasteiger partial charge in [-0.2, -0.15) is 0 Å². The van der Waals surface area contributed by atoms with E-state index >= 15 is 0 Å². The lowest BCUT2D eigenvalue weighted by Gasteiger charge is -2.13. The molecule has 0 N–H and O–H groups in total. The second-order valence-electron chi connectivity index (χ2n) is 3.27. The summed E-state index contributed by atoms with van der Waals surface area (Å²) in [6.07, 6.45) is 0.0172. The van der Waals surface area contributed by atoms with Gasteiger partial charge in [0.15, 0.2) is 6.79 Å². The monoisotopic (exact) mass is 226 g/mol. The molecule has 1 aromatic carbocycles. The Morgan fingerprint density at radius 3 is 2.38 bits per heavy atom. The predicted molar refractivity (Wildman–Crippen MR) is 59.7 cm³/mol. The number of benzene rings is 1. The van der Waals surface area contributed by atoms with Crippen molar-refractivity contribution >= 4 is 0 Å². The Morgan fingerprint density at radius 2 is 1.69 bits per heavy atom. The quantitative estimate of drug-likeness (QED) is 0.503. The molecular formula is C12H18O4. The highest BCUT2D eigenvalue weighted by Gasteiger charge is 2.03. The van der Waals surface area contributed by atoms with Crippen LogP contribution in [0.15, 0.2) is 30.3 Å². The van der Waals surface area contributed by atoms with Crippen molar-refractivity contribution in [1.82, 2.24) is 0 Å². The Hall–Kier alpha value is -0.940. The van der Waals surface area contributed by atoms with Crippen LogP contribution in [0.3, 0.4) is 0 Å². The lowest BCUT2D eigenvalue weighted by molar-refractivity contribution is -0.174. The summed E-state index contributed by atoms with van der Waals surface area (Å²) in [7, 11) is 1.56. The first-order valence-corrected chi connectivity index (χ1v) is 5.15. The van der Waals surface area contributed by atoms with Gasteiger partial charge in [0.2, 0.25) is 0 Å². The van der Waals surface area contributed by atoms with Crippen LogP contribution in [-0.2, 0) is 18.9 Å². The smallest absolute Gasteiger partial charge is 0.152 e. The van der Waals surface area contributed by atoms with Gasteiger partial charge in [-0.1, -0.05) is 30.3 Å². The molecule has 4 heteroatoms. The molecule has 1 atom stereocenters. The molecule has 0 aliphatic heterocycles. The summed E-state index contributed by atoms with van der Waals surface area (Å²) in [6, 6.07) is 9.99.